The van der Waals surface area contributed by atoms with Crippen molar-refractivity contribution >= 4 is 0 Å². The normalized spacial score (nSPS) is 28.3. The predicted octanol–water partition coefficient (Wildman–Crippen LogP) is 4.01. The second-order valence-corrected chi connectivity index (χ2v) is 5.82. The number of aliphatic hydroxyl groups is 1. The van der Waals surface area contributed by atoms with Crippen molar-refractivity contribution in [2.75, 3.05) is 0 Å². The van der Waals surface area contributed by atoms with Crippen LogP contribution in [-0.4, -0.2) is 10.7 Å². The average molecular weight is 250 g/mol. The number of hydrogen-bond acceptors (Lipinski definition) is 1. The molecule has 0 spiro atoms. The van der Waals surface area contributed by atoms with Gasteiger partial charge in [-0.25, -0.2) is 4.39 Å². The minimum Gasteiger partial charge on any atom is -0.390 e. The van der Waals surface area contributed by atoms with E-state index in [4.69, 9.17) is 0 Å². The third kappa shape index (κ3) is 3.11. The maximum atomic E-state index is 13.3. The number of rotatable bonds is 3. The first-order valence-electron chi connectivity index (χ1n) is 7.00. The molecule has 0 bridgehead atoms. The van der Waals surface area contributed by atoms with Gasteiger partial charge in [-0.05, 0) is 61.8 Å². The van der Waals surface area contributed by atoms with Gasteiger partial charge < -0.3 is 5.11 Å². The van der Waals surface area contributed by atoms with Crippen LogP contribution in [0.1, 0.15) is 50.2 Å². The number of aryl methyl sites for hydroxylation is 1. The lowest BCUT2D eigenvalue weighted by Gasteiger charge is -2.36. The molecule has 0 saturated heterocycles. The Hall–Kier alpha value is -0.890. The summed E-state index contributed by atoms with van der Waals surface area (Å²) >= 11 is 0. The Labute approximate surface area is 109 Å². The summed E-state index contributed by atoms with van der Waals surface area (Å²) in [6.07, 6.45) is 5.69. The first kappa shape index (κ1) is 13.5. The van der Waals surface area contributed by atoms with Gasteiger partial charge in [-0.1, -0.05) is 19.4 Å². The molecule has 1 aliphatic carbocycles. The van der Waals surface area contributed by atoms with Gasteiger partial charge in [-0.15, -0.1) is 0 Å². The van der Waals surface area contributed by atoms with E-state index in [0.29, 0.717) is 6.42 Å². The van der Waals surface area contributed by atoms with E-state index < -0.39 is 5.60 Å². The highest BCUT2D eigenvalue weighted by molar-refractivity contribution is 5.28. The maximum Gasteiger partial charge on any atom is 0.123 e. The zero-order valence-corrected chi connectivity index (χ0v) is 11.4. The summed E-state index contributed by atoms with van der Waals surface area (Å²) in [6.45, 7) is 4.20. The van der Waals surface area contributed by atoms with Crippen LogP contribution in [0.5, 0.6) is 0 Å². The molecule has 0 atom stereocenters. The van der Waals surface area contributed by atoms with Crippen LogP contribution in [0.4, 0.5) is 4.39 Å². The highest BCUT2D eigenvalue weighted by Crippen LogP contribution is 2.36. The SMILES string of the molecule is CCC1CCC(O)(Cc2cc(F)ccc2C)CC1. The van der Waals surface area contributed by atoms with E-state index in [1.807, 2.05) is 6.92 Å². The molecular formula is C16H23FO. The molecule has 18 heavy (non-hydrogen) atoms. The molecule has 0 heterocycles. The minimum absolute atomic E-state index is 0.207. The van der Waals surface area contributed by atoms with Crippen LogP contribution in [-0.2, 0) is 6.42 Å². The van der Waals surface area contributed by atoms with Crippen LogP contribution < -0.4 is 0 Å². The lowest BCUT2D eigenvalue weighted by molar-refractivity contribution is -0.00937. The second-order valence-electron chi connectivity index (χ2n) is 5.82. The molecule has 1 aliphatic rings. The van der Waals surface area contributed by atoms with E-state index in [2.05, 4.69) is 6.92 Å². The second kappa shape index (κ2) is 5.40. The van der Waals surface area contributed by atoms with E-state index >= 15 is 0 Å². The fourth-order valence-corrected chi connectivity index (χ4v) is 2.98. The van der Waals surface area contributed by atoms with Gasteiger partial charge in [0.05, 0.1) is 5.60 Å². The number of benzene rings is 1. The molecule has 0 aromatic heterocycles. The fourth-order valence-electron chi connectivity index (χ4n) is 2.98. The summed E-state index contributed by atoms with van der Waals surface area (Å²) in [7, 11) is 0. The molecule has 2 rings (SSSR count). The van der Waals surface area contributed by atoms with E-state index in [0.717, 1.165) is 42.7 Å². The fraction of sp³-hybridized carbons (Fsp3) is 0.625. The molecular weight excluding hydrogens is 227 g/mol. The average Bonchev–Trinajstić information content (AvgIpc) is 2.35. The van der Waals surface area contributed by atoms with Gasteiger partial charge >= 0.3 is 0 Å². The highest BCUT2D eigenvalue weighted by Gasteiger charge is 2.33. The smallest absolute Gasteiger partial charge is 0.123 e. The molecule has 1 aromatic carbocycles. The zero-order chi connectivity index (χ0) is 13.2. The number of hydrogen-bond donors (Lipinski definition) is 1. The molecule has 0 radical (unpaired) electrons. The van der Waals surface area contributed by atoms with Gasteiger partial charge in [0.1, 0.15) is 5.82 Å². The van der Waals surface area contributed by atoms with Crippen LogP contribution in [0.2, 0.25) is 0 Å². The Bertz CT molecular complexity index is 406. The van der Waals surface area contributed by atoms with E-state index in [-0.39, 0.29) is 5.82 Å². The molecule has 2 heteroatoms. The van der Waals surface area contributed by atoms with Gasteiger partial charge in [0.25, 0.3) is 0 Å². The molecule has 1 aromatic rings. The van der Waals surface area contributed by atoms with Gasteiger partial charge in [-0.3, -0.25) is 0 Å². The standard InChI is InChI=1S/C16H23FO/c1-3-13-6-8-16(18,9-7-13)11-14-10-15(17)5-4-12(14)2/h4-5,10,13,18H,3,6-9,11H2,1-2H3. The predicted molar refractivity (Wildman–Crippen MR) is 72.0 cm³/mol. The zero-order valence-electron chi connectivity index (χ0n) is 11.4. The monoisotopic (exact) mass is 250 g/mol. The first-order valence-corrected chi connectivity index (χ1v) is 7.00. The molecule has 1 nitrogen and oxygen atoms in total. The van der Waals surface area contributed by atoms with Gasteiger partial charge in [0.2, 0.25) is 0 Å². The Kier molecular flexibility index (Phi) is 4.06. The van der Waals surface area contributed by atoms with E-state index in [1.54, 1.807) is 12.1 Å². The summed E-state index contributed by atoms with van der Waals surface area (Å²) in [5.41, 5.74) is 1.40. The molecule has 0 aliphatic heterocycles. The Morgan fingerprint density at radius 3 is 2.61 bits per heavy atom. The topological polar surface area (TPSA) is 20.2 Å². The number of halogens is 1. The lowest BCUT2D eigenvalue weighted by atomic mass is 9.75. The molecule has 0 unspecified atom stereocenters. The molecule has 100 valence electrons. The van der Waals surface area contributed by atoms with Gasteiger partial charge in [-0.2, -0.15) is 0 Å². The maximum absolute atomic E-state index is 13.3. The van der Waals surface area contributed by atoms with E-state index in [9.17, 15) is 9.50 Å². The van der Waals surface area contributed by atoms with Crippen molar-refractivity contribution < 1.29 is 9.50 Å². The lowest BCUT2D eigenvalue weighted by Crippen LogP contribution is -2.36. The van der Waals surface area contributed by atoms with Crippen molar-refractivity contribution in [3.8, 4) is 0 Å². The third-order valence-corrected chi connectivity index (χ3v) is 4.44. The minimum atomic E-state index is -0.621. The quantitative estimate of drug-likeness (QED) is 0.859. The molecule has 1 N–H and O–H groups in total. The van der Waals surface area contributed by atoms with Crippen molar-refractivity contribution in [3.63, 3.8) is 0 Å². The van der Waals surface area contributed by atoms with Crippen molar-refractivity contribution in [2.45, 2.75) is 58.0 Å². The van der Waals surface area contributed by atoms with Crippen LogP contribution >= 0.6 is 0 Å². The van der Waals surface area contributed by atoms with Crippen LogP contribution in [0.15, 0.2) is 18.2 Å². The van der Waals surface area contributed by atoms with Crippen LogP contribution in [0, 0.1) is 18.7 Å². The summed E-state index contributed by atoms with van der Waals surface area (Å²) < 4.78 is 13.3. The Morgan fingerprint density at radius 2 is 2.00 bits per heavy atom. The third-order valence-electron chi connectivity index (χ3n) is 4.44. The van der Waals surface area contributed by atoms with Crippen LogP contribution in [0.25, 0.3) is 0 Å². The summed E-state index contributed by atoms with van der Waals surface area (Å²) in [5, 5.41) is 10.6. The van der Waals surface area contributed by atoms with E-state index in [1.165, 1.54) is 12.5 Å². The van der Waals surface area contributed by atoms with Crippen molar-refractivity contribution in [1.29, 1.82) is 0 Å². The summed E-state index contributed by atoms with van der Waals surface area (Å²) in [4.78, 5) is 0. The van der Waals surface area contributed by atoms with Crippen molar-refractivity contribution in [1.82, 2.24) is 0 Å². The van der Waals surface area contributed by atoms with Crippen molar-refractivity contribution in [3.05, 3.63) is 35.1 Å². The Balaban J connectivity index is 2.06. The van der Waals surface area contributed by atoms with Gasteiger partial charge in [0, 0.05) is 6.42 Å². The largest absolute Gasteiger partial charge is 0.390 e. The highest BCUT2D eigenvalue weighted by atomic mass is 19.1. The molecule has 1 fully saturated rings. The summed E-state index contributed by atoms with van der Waals surface area (Å²) in [5.74, 6) is 0.556. The van der Waals surface area contributed by atoms with Gasteiger partial charge in [0.15, 0.2) is 0 Å². The molecule has 1 saturated carbocycles. The first-order chi connectivity index (χ1) is 8.52. The van der Waals surface area contributed by atoms with Crippen LogP contribution in [0.3, 0.4) is 0 Å². The summed E-state index contributed by atoms with van der Waals surface area (Å²) in [6, 6.07) is 4.85. The molecule has 0 amide bonds. The Morgan fingerprint density at radius 1 is 1.33 bits per heavy atom. The van der Waals surface area contributed by atoms with Crippen molar-refractivity contribution in [2.24, 2.45) is 5.92 Å².